The number of likely N-dealkylation sites (N-methyl/N-ethyl adjacent to an activating group) is 1. The highest BCUT2D eigenvalue weighted by molar-refractivity contribution is 6.37. The van der Waals surface area contributed by atoms with Crippen LogP contribution in [0.4, 0.5) is 0 Å². The number of benzene rings is 1. The van der Waals surface area contributed by atoms with E-state index in [0.29, 0.717) is 15.8 Å². The zero-order chi connectivity index (χ0) is 15.4. The van der Waals surface area contributed by atoms with Gasteiger partial charge >= 0.3 is 0 Å². The van der Waals surface area contributed by atoms with Crippen LogP contribution in [0.25, 0.3) is 0 Å². The third-order valence-electron chi connectivity index (χ3n) is 4.08. The average molecular weight is 333 g/mol. The lowest BCUT2D eigenvalue weighted by molar-refractivity contribution is 0.0672. The lowest BCUT2D eigenvalue weighted by atomic mass is 10.0. The zero-order valence-electron chi connectivity index (χ0n) is 12.5. The number of nitrogens with zero attached hydrogens (tertiary/aromatic N) is 2. The normalized spacial score (nSPS) is 18.7. The Labute approximate surface area is 136 Å². The SMILES string of the molecule is CCN1CCN(C(CO)c2cc(Cl)c(OC)c(Cl)c2)CC1. The number of piperazine rings is 1. The molecule has 0 aromatic heterocycles. The van der Waals surface area contributed by atoms with E-state index >= 15 is 0 Å². The van der Waals surface area contributed by atoms with Crippen molar-refractivity contribution in [3.63, 3.8) is 0 Å². The summed E-state index contributed by atoms with van der Waals surface area (Å²) in [6.07, 6.45) is 0. The largest absolute Gasteiger partial charge is 0.494 e. The molecule has 2 rings (SSSR count). The molecule has 0 bridgehead atoms. The van der Waals surface area contributed by atoms with Crippen LogP contribution in [0.5, 0.6) is 5.75 Å². The minimum atomic E-state index is -0.0788. The van der Waals surface area contributed by atoms with Gasteiger partial charge in [0.05, 0.1) is 29.8 Å². The number of ether oxygens (including phenoxy) is 1. The van der Waals surface area contributed by atoms with E-state index in [1.165, 1.54) is 0 Å². The minimum Gasteiger partial charge on any atom is -0.494 e. The van der Waals surface area contributed by atoms with Crippen molar-refractivity contribution in [3.05, 3.63) is 27.7 Å². The van der Waals surface area contributed by atoms with Crippen molar-refractivity contribution < 1.29 is 9.84 Å². The summed E-state index contributed by atoms with van der Waals surface area (Å²) in [4.78, 5) is 4.68. The molecule has 4 nitrogen and oxygen atoms in total. The van der Waals surface area contributed by atoms with E-state index in [0.717, 1.165) is 38.3 Å². The molecule has 0 aliphatic carbocycles. The minimum absolute atomic E-state index is 0.0467. The number of hydrogen-bond acceptors (Lipinski definition) is 4. The molecule has 1 N–H and O–H groups in total. The first-order chi connectivity index (χ1) is 10.1. The van der Waals surface area contributed by atoms with Crippen LogP contribution in [0.15, 0.2) is 12.1 Å². The molecule has 0 amide bonds. The van der Waals surface area contributed by atoms with Gasteiger partial charge in [0, 0.05) is 26.2 Å². The molecule has 1 saturated heterocycles. The molecule has 1 heterocycles. The quantitative estimate of drug-likeness (QED) is 0.899. The van der Waals surface area contributed by atoms with Crippen LogP contribution in [0.3, 0.4) is 0 Å². The molecule has 118 valence electrons. The molecule has 21 heavy (non-hydrogen) atoms. The van der Waals surface area contributed by atoms with Crippen LogP contribution in [0, 0.1) is 0 Å². The molecular formula is C15H22Cl2N2O2. The van der Waals surface area contributed by atoms with Gasteiger partial charge in [-0.2, -0.15) is 0 Å². The summed E-state index contributed by atoms with van der Waals surface area (Å²) in [7, 11) is 1.54. The second-order valence-electron chi connectivity index (χ2n) is 5.19. The van der Waals surface area contributed by atoms with E-state index < -0.39 is 0 Å². The van der Waals surface area contributed by atoms with Crippen LogP contribution in [-0.2, 0) is 0 Å². The second kappa shape index (κ2) is 7.65. The topological polar surface area (TPSA) is 35.9 Å². The molecule has 1 aromatic rings. The molecule has 1 aliphatic heterocycles. The predicted molar refractivity (Wildman–Crippen MR) is 86.5 cm³/mol. The number of rotatable bonds is 5. The summed E-state index contributed by atoms with van der Waals surface area (Å²) in [5.74, 6) is 0.481. The molecule has 1 unspecified atom stereocenters. The van der Waals surface area contributed by atoms with Gasteiger partial charge in [0.1, 0.15) is 0 Å². The summed E-state index contributed by atoms with van der Waals surface area (Å²) >= 11 is 12.4. The maximum Gasteiger partial charge on any atom is 0.156 e. The van der Waals surface area contributed by atoms with Crippen molar-refractivity contribution in [1.82, 2.24) is 9.80 Å². The fourth-order valence-electron chi connectivity index (χ4n) is 2.79. The van der Waals surface area contributed by atoms with E-state index in [4.69, 9.17) is 27.9 Å². The highest BCUT2D eigenvalue weighted by Crippen LogP contribution is 2.36. The van der Waals surface area contributed by atoms with Crippen molar-refractivity contribution in [2.75, 3.05) is 46.4 Å². The van der Waals surface area contributed by atoms with Gasteiger partial charge in [0.25, 0.3) is 0 Å². The molecule has 1 atom stereocenters. The second-order valence-corrected chi connectivity index (χ2v) is 6.00. The Morgan fingerprint density at radius 3 is 2.19 bits per heavy atom. The predicted octanol–water partition coefficient (Wildman–Crippen LogP) is 2.67. The fourth-order valence-corrected chi connectivity index (χ4v) is 3.45. The molecule has 0 saturated carbocycles. The van der Waals surface area contributed by atoms with E-state index in [2.05, 4.69) is 16.7 Å². The Bertz CT molecular complexity index is 454. The number of hydrogen-bond donors (Lipinski definition) is 1. The van der Waals surface area contributed by atoms with Gasteiger partial charge in [-0.05, 0) is 24.2 Å². The van der Waals surface area contributed by atoms with Crippen molar-refractivity contribution >= 4 is 23.2 Å². The van der Waals surface area contributed by atoms with Crippen LogP contribution < -0.4 is 4.74 Å². The Morgan fingerprint density at radius 2 is 1.76 bits per heavy atom. The van der Waals surface area contributed by atoms with Crippen LogP contribution in [0.1, 0.15) is 18.5 Å². The molecular weight excluding hydrogens is 311 g/mol. The van der Waals surface area contributed by atoms with Crippen LogP contribution in [-0.4, -0.2) is 61.3 Å². The maximum atomic E-state index is 9.79. The third kappa shape index (κ3) is 3.82. The smallest absolute Gasteiger partial charge is 0.156 e. The number of aliphatic hydroxyl groups excluding tert-OH is 1. The number of halogens is 2. The molecule has 1 aromatic carbocycles. The van der Waals surface area contributed by atoms with Gasteiger partial charge < -0.3 is 14.7 Å². The zero-order valence-corrected chi connectivity index (χ0v) is 14.0. The highest BCUT2D eigenvalue weighted by Gasteiger charge is 2.25. The summed E-state index contributed by atoms with van der Waals surface area (Å²) < 4.78 is 5.17. The van der Waals surface area contributed by atoms with Gasteiger partial charge in [0.2, 0.25) is 0 Å². The molecule has 1 fully saturated rings. The monoisotopic (exact) mass is 332 g/mol. The van der Waals surface area contributed by atoms with Gasteiger partial charge in [-0.1, -0.05) is 30.1 Å². The Balaban J connectivity index is 2.18. The summed E-state index contributed by atoms with van der Waals surface area (Å²) in [5.41, 5.74) is 0.929. The fraction of sp³-hybridized carbons (Fsp3) is 0.600. The van der Waals surface area contributed by atoms with E-state index in [1.54, 1.807) is 7.11 Å². The molecule has 0 radical (unpaired) electrons. The highest BCUT2D eigenvalue weighted by atomic mass is 35.5. The van der Waals surface area contributed by atoms with Crippen molar-refractivity contribution in [2.24, 2.45) is 0 Å². The van der Waals surface area contributed by atoms with Crippen molar-refractivity contribution in [2.45, 2.75) is 13.0 Å². The Kier molecular flexibility index (Phi) is 6.14. The first-order valence-electron chi connectivity index (χ1n) is 7.20. The average Bonchev–Trinajstić information content (AvgIpc) is 2.48. The lowest BCUT2D eigenvalue weighted by Crippen LogP contribution is -2.48. The standard InChI is InChI=1S/C15H22Cl2N2O2/c1-3-18-4-6-19(7-5-18)14(10-20)11-8-12(16)15(21-2)13(17)9-11/h8-9,14,20H,3-7,10H2,1-2H3. The first-order valence-corrected chi connectivity index (χ1v) is 7.96. The van der Waals surface area contributed by atoms with E-state index in [1.807, 2.05) is 12.1 Å². The van der Waals surface area contributed by atoms with Gasteiger partial charge in [-0.25, -0.2) is 0 Å². The summed E-state index contributed by atoms with van der Waals surface area (Å²) in [5, 5.41) is 10.7. The Hall–Kier alpha value is -0.520. The summed E-state index contributed by atoms with van der Waals surface area (Å²) in [6.45, 7) is 7.18. The van der Waals surface area contributed by atoms with Gasteiger partial charge in [-0.3, -0.25) is 4.90 Å². The summed E-state index contributed by atoms with van der Waals surface area (Å²) in [6, 6.07) is 3.59. The molecule has 6 heteroatoms. The van der Waals surface area contributed by atoms with Gasteiger partial charge in [-0.15, -0.1) is 0 Å². The third-order valence-corrected chi connectivity index (χ3v) is 4.64. The molecule has 0 spiro atoms. The van der Waals surface area contributed by atoms with Crippen molar-refractivity contribution in [1.29, 1.82) is 0 Å². The van der Waals surface area contributed by atoms with E-state index in [9.17, 15) is 5.11 Å². The van der Waals surface area contributed by atoms with Gasteiger partial charge in [0.15, 0.2) is 5.75 Å². The number of methoxy groups -OCH3 is 1. The van der Waals surface area contributed by atoms with Crippen LogP contribution >= 0.6 is 23.2 Å². The molecule has 1 aliphatic rings. The first kappa shape index (κ1) is 16.8. The maximum absolute atomic E-state index is 9.79. The number of aliphatic hydroxyl groups is 1. The lowest BCUT2D eigenvalue weighted by Gasteiger charge is -2.38. The Morgan fingerprint density at radius 1 is 1.19 bits per heavy atom. The van der Waals surface area contributed by atoms with Crippen LogP contribution in [0.2, 0.25) is 10.0 Å². The van der Waals surface area contributed by atoms with E-state index in [-0.39, 0.29) is 12.6 Å². The van der Waals surface area contributed by atoms with Crippen molar-refractivity contribution in [3.8, 4) is 5.75 Å².